The topological polar surface area (TPSA) is 84.9 Å². The third-order valence-corrected chi connectivity index (χ3v) is 6.68. The number of rotatable bonds is 7. The first-order chi connectivity index (χ1) is 14.3. The normalized spacial score (nSPS) is 15.2. The van der Waals surface area contributed by atoms with E-state index in [2.05, 4.69) is 10.1 Å². The van der Waals surface area contributed by atoms with Gasteiger partial charge >= 0.3 is 6.61 Å². The van der Waals surface area contributed by atoms with Crippen LogP contribution in [0.4, 0.5) is 8.78 Å². The van der Waals surface area contributed by atoms with Gasteiger partial charge in [0.05, 0.1) is 18.1 Å². The summed E-state index contributed by atoms with van der Waals surface area (Å²) in [5.41, 5.74) is 1.44. The van der Waals surface area contributed by atoms with E-state index < -0.39 is 22.5 Å². The Bertz CT molecular complexity index is 991. The first kappa shape index (κ1) is 22.1. The molecular weight excluding hydrogens is 418 g/mol. The van der Waals surface area contributed by atoms with E-state index >= 15 is 0 Å². The van der Waals surface area contributed by atoms with Crippen molar-refractivity contribution in [2.75, 3.05) is 26.3 Å². The molecule has 0 aliphatic carbocycles. The number of carbonyl (C=O) groups excluding carboxylic acids is 1. The third kappa shape index (κ3) is 5.32. The van der Waals surface area contributed by atoms with Crippen LogP contribution in [0, 0.1) is 6.92 Å². The Morgan fingerprint density at radius 2 is 1.83 bits per heavy atom. The number of morpholine rings is 1. The lowest BCUT2D eigenvalue weighted by molar-refractivity contribution is -0.0498. The molecule has 1 N–H and O–H groups in total. The van der Waals surface area contributed by atoms with Gasteiger partial charge in [-0.3, -0.25) is 4.79 Å². The van der Waals surface area contributed by atoms with Gasteiger partial charge < -0.3 is 14.8 Å². The van der Waals surface area contributed by atoms with Crippen LogP contribution in [0.3, 0.4) is 0 Å². The van der Waals surface area contributed by atoms with Crippen LogP contribution >= 0.6 is 0 Å². The van der Waals surface area contributed by atoms with Crippen LogP contribution in [-0.4, -0.2) is 51.5 Å². The maximum absolute atomic E-state index is 12.9. The summed E-state index contributed by atoms with van der Waals surface area (Å²) in [7, 11) is -3.73. The van der Waals surface area contributed by atoms with E-state index in [0.29, 0.717) is 24.3 Å². The summed E-state index contributed by atoms with van der Waals surface area (Å²) in [5.74, 6) is -0.419. The zero-order chi connectivity index (χ0) is 21.7. The molecule has 0 unspecified atom stereocenters. The Hall–Kier alpha value is -2.56. The quantitative estimate of drug-likeness (QED) is 0.715. The summed E-state index contributed by atoms with van der Waals surface area (Å²) < 4.78 is 61.1. The molecule has 2 aromatic rings. The number of aryl methyl sites for hydroxylation is 1. The summed E-state index contributed by atoms with van der Waals surface area (Å²) in [6, 6.07) is 10.4. The predicted octanol–water partition coefficient (Wildman–Crippen LogP) is 2.55. The molecule has 162 valence electrons. The van der Waals surface area contributed by atoms with Gasteiger partial charge in [0, 0.05) is 25.2 Å². The second-order valence-electron chi connectivity index (χ2n) is 6.70. The summed E-state index contributed by atoms with van der Waals surface area (Å²) >= 11 is 0. The highest BCUT2D eigenvalue weighted by Gasteiger charge is 2.28. The minimum absolute atomic E-state index is 0.0246. The predicted molar refractivity (Wildman–Crippen MR) is 105 cm³/mol. The highest BCUT2D eigenvalue weighted by Crippen LogP contribution is 2.22. The molecule has 0 atom stereocenters. The van der Waals surface area contributed by atoms with Crippen molar-refractivity contribution < 1.29 is 31.5 Å². The number of hydrogen-bond donors (Lipinski definition) is 1. The minimum atomic E-state index is -3.73. The molecule has 1 aliphatic rings. The Morgan fingerprint density at radius 3 is 2.47 bits per heavy atom. The number of nitrogens with one attached hydrogen (secondary N) is 1. The van der Waals surface area contributed by atoms with Crippen molar-refractivity contribution >= 4 is 15.9 Å². The highest BCUT2D eigenvalue weighted by atomic mass is 32.2. The number of amides is 1. The van der Waals surface area contributed by atoms with E-state index in [0.717, 1.165) is 0 Å². The fourth-order valence-corrected chi connectivity index (χ4v) is 4.68. The molecule has 1 saturated heterocycles. The number of carbonyl (C=O) groups is 1. The van der Waals surface area contributed by atoms with Crippen molar-refractivity contribution in [3.63, 3.8) is 0 Å². The number of benzene rings is 2. The van der Waals surface area contributed by atoms with Crippen molar-refractivity contribution in [2.24, 2.45) is 0 Å². The molecule has 0 radical (unpaired) electrons. The molecular formula is C20H22F2N2O5S. The average molecular weight is 440 g/mol. The summed E-state index contributed by atoms with van der Waals surface area (Å²) in [5, 5.41) is 2.70. The van der Waals surface area contributed by atoms with Crippen LogP contribution in [-0.2, 0) is 21.3 Å². The van der Waals surface area contributed by atoms with Crippen LogP contribution < -0.4 is 10.1 Å². The lowest BCUT2D eigenvalue weighted by atomic mass is 10.1. The smallest absolute Gasteiger partial charge is 0.387 e. The largest absolute Gasteiger partial charge is 0.435 e. The molecule has 7 nitrogen and oxygen atoms in total. The van der Waals surface area contributed by atoms with E-state index in [4.69, 9.17) is 4.74 Å². The van der Waals surface area contributed by atoms with E-state index in [1.54, 1.807) is 31.2 Å². The monoisotopic (exact) mass is 440 g/mol. The van der Waals surface area contributed by atoms with Crippen LogP contribution in [0.5, 0.6) is 5.75 Å². The number of sulfonamides is 1. The lowest BCUT2D eigenvalue weighted by Crippen LogP contribution is -2.41. The van der Waals surface area contributed by atoms with Crippen LogP contribution in [0.1, 0.15) is 21.5 Å². The minimum Gasteiger partial charge on any atom is -0.435 e. The number of hydrogen-bond acceptors (Lipinski definition) is 5. The Kier molecular flexibility index (Phi) is 7.01. The molecule has 1 fully saturated rings. The second kappa shape index (κ2) is 9.50. The van der Waals surface area contributed by atoms with Crippen molar-refractivity contribution in [2.45, 2.75) is 25.0 Å². The lowest BCUT2D eigenvalue weighted by Gasteiger charge is -2.26. The van der Waals surface area contributed by atoms with Gasteiger partial charge in [-0.25, -0.2) is 8.42 Å². The number of alkyl halides is 2. The molecule has 1 aliphatic heterocycles. The van der Waals surface area contributed by atoms with Crippen molar-refractivity contribution in [3.8, 4) is 5.75 Å². The van der Waals surface area contributed by atoms with Gasteiger partial charge in [-0.15, -0.1) is 0 Å². The zero-order valence-electron chi connectivity index (χ0n) is 16.3. The maximum Gasteiger partial charge on any atom is 0.387 e. The number of halogens is 2. The number of nitrogens with zero attached hydrogens (tertiary/aromatic N) is 1. The first-order valence-corrected chi connectivity index (χ1v) is 10.7. The molecule has 1 amide bonds. The Morgan fingerprint density at radius 1 is 1.17 bits per heavy atom. The van der Waals surface area contributed by atoms with Gasteiger partial charge in [0.25, 0.3) is 5.91 Å². The molecule has 2 aromatic carbocycles. The molecule has 30 heavy (non-hydrogen) atoms. The second-order valence-corrected chi connectivity index (χ2v) is 8.61. The van der Waals surface area contributed by atoms with Crippen molar-refractivity contribution in [3.05, 3.63) is 59.2 Å². The van der Waals surface area contributed by atoms with Gasteiger partial charge in [-0.2, -0.15) is 13.1 Å². The molecule has 1 heterocycles. The fourth-order valence-electron chi connectivity index (χ4n) is 3.02. The summed E-state index contributed by atoms with van der Waals surface area (Å²) in [4.78, 5) is 12.6. The summed E-state index contributed by atoms with van der Waals surface area (Å²) in [6.07, 6.45) is 0. The number of ether oxygens (including phenoxy) is 2. The van der Waals surface area contributed by atoms with E-state index in [1.165, 1.54) is 22.5 Å². The van der Waals surface area contributed by atoms with Crippen LogP contribution in [0.15, 0.2) is 47.4 Å². The summed E-state index contributed by atoms with van der Waals surface area (Å²) in [6.45, 7) is 0.122. The van der Waals surface area contributed by atoms with E-state index in [-0.39, 0.29) is 35.8 Å². The Balaban J connectivity index is 1.70. The van der Waals surface area contributed by atoms with Crippen LogP contribution in [0.2, 0.25) is 0 Å². The first-order valence-electron chi connectivity index (χ1n) is 9.28. The molecule has 0 aromatic heterocycles. The molecule has 0 spiro atoms. The van der Waals surface area contributed by atoms with Gasteiger partial charge in [0.2, 0.25) is 10.0 Å². The van der Waals surface area contributed by atoms with E-state index in [1.807, 2.05) is 0 Å². The molecule has 0 saturated carbocycles. The van der Waals surface area contributed by atoms with Crippen molar-refractivity contribution in [1.29, 1.82) is 0 Å². The van der Waals surface area contributed by atoms with Crippen LogP contribution in [0.25, 0.3) is 0 Å². The Labute approximate surface area is 173 Å². The van der Waals surface area contributed by atoms with E-state index in [9.17, 15) is 22.0 Å². The molecule has 3 rings (SSSR count). The van der Waals surface area contributed by atoms with Crippen molar-refractivity contribution in [1.82, 2.24) is 9.62 Å². The zero-order valence-corrected chi connectivity index (χ0v) is 17.1. The molecule has 10 heteroatoms. The maximum atomic E-state index is 12.9. The van der Waals surface area contributed by atoms with Gasteiger partial charge in [0.15, 0.2) is 0 Å². The van der Waals surface area contributed by atoms with Gasteiger partial charge in [0.1, 0.15) is 5.75 Å². The highest BCUT2D eigenvalue weighted by molar-refractivity contribution is 7.89. The average Bonchev–Trinajstić information content (AvgIpc) is 2.73. The molecule has 0 bridgehead atoms. The standard InChI is InChI=1S/C20H22F2N2O5S/c1-14-2-5-16(12-18(14)30(26,27)24-8-10-28-11-9-24)19(25)23-13-15-3-6-17(7-4-15)29-20(21)22/h2-7,12,20H,8-11,13H2,1H3,(H,23,25). The third-order valence-electron chi connectivity index (χ3n) is 4.64. The van der Waals surface area contributed by atoms with Gasteiger partial charge in [-0.1, -0.05) is 18.2 Å². The van der Waals surface area contributed by atoms with Gasteiger partial charge in [-0.05, 0) is 42.3 Å². The fraction of sp³-hybridized carbons (Fsp3) is 0.350. The SMILES string of the molecule is Cc1ccc(C(=O)NCc2ccc(OC(F)F)cc2)cc1S(=O)(=O)N1CCOCC1.